The highest BCUT2D eigenvalue weighted by molar-refractivity contribution is 7.16. The van der Waals surface area contributed by atoms with Crippen molar-refractivity contribution in [1.29, 1.82) is 0 Å². The number of carbonyl (C=O) groups is 2. The lowest BCUT2D eigenvalue weighted by molar-refractivity contribution is -0.134. The Hall–Kier alpha value is -2.38. The molecule has 1 aliphatic rings. The second kappa shape index (κ2) is 6.39. The van der Waals surface area contributed by atoms with Crippen molar-refractivity contribution in [1.82, 2.24) is 5.32 Å². The van der Waals surface area contributed by atoms with Gasteiger partial charge in [-0.3, -0.25) is 4.79 Å². The Balaban J connectivity index is 1.69. The maximum absolute atomic E-state index is 12.3. The number of aromatic carboxylic acids is 1. The molecule has 0 spiro atoms. The number of rotatable bonds is 4. The van der Waals surface area contributed by atoms with Gasteiger partial charge >= 0.3 is 5.97 Å². The van der Waals surface area contributed by atoms with Gasteiger partial charge in [0.2, 0.25) is 5.91 Å². The average molecular weight is 332 g/mol. The van der Waals surface area contributed by atoms with Gasteiger partial charge in [0.25, 0.3) is 0 Å². The van der Waals surface area contributed by atoms with Gasteiger partial charge in [0.05, 0.1) is 12.2 Å². The molecule has 23 heavy (non-hydrogen) atoms. The van der Waals surface area contributed by atoms with E-state index in [-0.39, 0.29) is 29.5 Å². The number of fused-ring (bicyclic) bond motifs is 1. The highest BCUT2D eigenvalue weighted by Crippen LogP contribution is 2.35. The van der Waals surface area contributed by atoms with E-state index in [0.29, 0.717) is 12.1 Å². The molecule has 120 valence electrons. The van der Waals surface area contributed by atoms with Gasteiger partial charge in [0.15, 0.2) is 0 Å². The summed E-state index contributed by atoms with van der Waals surface area (Å²) in [7, 11) is 0. The molecule has 0 aliphatic carbocycles. The molecule has 2 aromatic rings. The van der Waals surface area contributed by atoms with Crippen LogP contribution in [0.25, 0.3) is 0 Å². The molecule has 1 atom stereocenters. The largest absolute Gasteiger partial charge is 0.478 e. The molecule has 1 aromatic heterocycles. The minimum absolute atomic E-state index is 0.106. The van der Waals surface area contributed by atoms with Crippen molar-refractivity contribution >= 4 is 28.2 Å². The van der Waals surface area contributed by atoms with Crippen molar-refractivity contribution in [2.75, 3.05) is 5.73 Å². The lowest BCUT2D eigenvalue weighted by Crippen LogP contribution is -2.39. The number of nitrogen functional groups attached to an aromatic ring is 1. The molecule has 1 aliphatic heterocycles. The van der Waals surface area contributed by atoms with E-state index < -0.39 is 12.1 Å². The first-order chi connectivity index (χ1) is 11.1. The van der Waals surface area contributed by atoms with Crippen LogP contribution in [-0.2, 0) is 29.1 Å². The Morgan fingerprint density at radius 3 is 2.78 bits per heavy atom. The number of amides is 1. The summed E-state index contributed by atoms with van der Waals surface area (Å²) in [5.41, 5.74) is 7.47. The Bertz CT molecular complexity index is 742. The van der Waals surface area contributed by atoms with Crippen molar-refractivity contribution in [2.24, 2.45) is 0 Å². The predicted molar refractivity (Wildman–Crippen MR) is 86.3 cm³/mol. The number of carboxylic acids is 1. The van der Waals surface area contributed by atoms with Gasteiger partial charge < -0.3 is 20.9 Å². The van der Waals surface area contributed by atoms with Crippen molar-refractivity contribution < 1.29 is 19.4 Å². The second-order valence-corrected chi connectivity index (χ2v) is 6.39. The van der Waals surface area contributed by atoms with Crippen molar-refractivity contribution in [2.45, 2.75) is 25.7 Å². The first-order valence-corrected chi connectivity index (χ1v) is 7.94. The SMILES string of the molecule is Nc1sc2c(c1C(=O)O)CC(C(=O)NCc1ccccc1)OC2. The Morgan fingerprint density at radius 2 is 2.09 bits per heavy atom. The highest BCUT2D eigenvalue weighted by Gasteiger charge is 2.31. The van der Waals surface area contributed by atoms with Gasteiger partial charge in [-0.25, -0.2) is 4.79 Å². The van der Waals surface area contributed by atoms with Crippen LogP contribution in [0.3, 0.4) is 0 Å². The van der Waals surface area contributed by atoms with Crippen LogP contribution in [0.15, 0.2) is 30.3 Å². The third kappa shape index (κ3) is 3.20. The summed E-state index contributed by atoms with van der Waals surface area (Å²) >= 11 is 1.21. The van der Waals surface area contributed by atoms with Crippen molar-refractivity contribution in [3.8, 4) is 0 Å². The van der Waals surface area contributed by atoms with E-state index in [4.69, 9.17) is 10.5 Å². The fourth-order valence-electron chi connectivity index (χ4n) is 2.59. The van der Waals surface area contributed by atoms with E-state index in [0.717, 1.165) is 10.4 Å². The zero-order valence-electron chi connectivity index (χ0n) is 12.2. The van der Waals surface area contributed by atoms with E-state index in [9.17, 15) is 14.7 Å². The minimum Gasteiger partial charge on any atom is -0.478 e. The molecule has 0 fully saturated rings. The maximum Gasteiger partial charge on any atom is 0.338 e. The third-order valence-corrected chi connectivity index (χ3v) is 4.77. The third-order valence-electron chi connectivity index (χ3n) is 3.74. The number of carbonyl (C=O) groups excluding carboxylic acids is 1. The van der Waals surface area contributed by atoms with Gasteiger partial charge in [-0.2, -0.15) is 0 Å². The Labute approximate surface area is 136 Å². The number of ether oxygens (including phenoxy) is 1. The van der Waals surface area contributed by atoms with Crippen LogP contribution < -0.4 is 11.1 Å². The summed E-state index contributed by atoms with van der Waals surface area (Å²) in [4.78, 5) is 24.4. The van der Waals surface area contributed by atoms with Gasteiger partial charge in [-0.1, -0.05) is 30.3 Å². The fraction of sp³-hybridized carbons (Fsp3) is 0.250. The first-order valence-electron chi connectivity index (χ1n) is 7.12. The highest BCUT2D eigenvalue weighted by atomic mass is 32.1. The van der Waals surface area contributed by atoms with Crippen LogP contribution in [0.1, 0.15) is 26.4 Å². The molecular weight excluding hydrogens is 316 g/mol. The minimum atomic E-state index is -1.06. The van der Waals surface area contributed by atoms with Crippen molar-refractivity contribution in [3.63, 3.8) is 0 Å². The molecule has 6 nitrogen and oxygen atoms in total. The zero-order valence-corrected chi connectivity index (χ0v) is 13.1. The van der Waals surface area contributed by atoms with Gasteiger partial charge in [0.1, 0.15) is 11.1 Å². The summed E-state index contributed by atoms with van der Waals surface area (Å²) < 4.78 is 5.55. The van der Waals surface area contributed by atoms with Crippen LogP contribution in [0.5, 0.6) is 0 Å². The van der Waals surface area contributed by atoms with Crippen LogP contribution in [0.4, 0.5) is 5.00 Å². The monoisotopic (exact) mass is 332 g/mol. The summed E-state index contributed by atoms with van der Waals surface area (Å²) in [6.45, 7) is 0.616. The fourth-order valence-corrected chi connectivity index (χ4v) is 3.60. The first kappa shape index (κ1) is 15.5. The van der Waals surface area contributed by atoms with Gasteiger partial charge in [-0.15, -0.1) is 11.3 Å². The predicted octanol–water partition coefficient (Wildman–Crippen LogP) is 1.79. The van der Waals surface area contributed by atoms with Crippen LogP contribution in [0, 0.1) is 0 Å². The molecule has 0 saturated heterocycles. The summed E-state index contributed by atoms with van der Waals surface area (Å²) in [6, 6.07) is 9.55. The van der Waals surface area contributed by atoms with Gasteiger partial charge in [0, 0.05) is 17.8 Å². The Kier molecular flexibility index (Phi) is 4.31. The van der Waals surface area contributed by atoms with E-state index >= 15 is 0 Å². The molecule has 1 amide bonds. The Morgan fingerprint density at radius 1 is 1.35 bits per heavy atom. The number of benzene rings is 1. The molecule has 0 saturated carbocycles. The molecule has 0 bridgehead atoms. The lowest BCUT2D eigenvalue weighted by Gasteiger charge is -2.22. The van der Waals surface area contributed by atoms with E-state index in [2.05, 4.69) is 5.32 Å². The molecule has 7 heteroatoms. The number of hydrogen-bond acceptors (Lipinski definition) is 5. The normalized spacial score (nSPS) is 16.6. The number of anilines is 1. The quantitative estimate of drug-likeness (QED) is 0.792. The van der Waals surface area contributed by atoms with Crippen LogP contribution in [-0.4, -0.2) is 23.1 Å². The van der Waals surface area contributed by atoms with E-state index in [1.54, 1.807) is 0 Å². The molecule has 1 unspecified atom stereocenters. The topological polar surface area (TPSA) is 102 Å². The number of nitrogens with one attached hydrogen (secondary N) is 1. The number of nitrogens with two attached hydrogens (primary N) is 1. The molecular formula is C16H16N2O4S. The molecule has 2 heterocycles. The molecule has 3 rings (SSSR count). The molecule has 1 aromatic carbocycles. The molecule has 0 radical (unpaired) electrons. The van der Waals surface area contributed by atoms with Crippen LogP contribution in [0.2, 0.25) is 0 Å². The number of carboxylic acid groups (broad SMARTS) is 1. The zero-order chi connectivity index (χ0) is 16.4. The standard InChI is InChI=1S/C16H16N2O4S/c17-14-13(16(20)21)10-6-11(22-8-12(10)23-14)15(19)18-7-9-4-2-1-3-5-9/h1-5,11H,6-8,17H2,(H,18,19)(H,20,21). The lowest BCUT2D eigenvalue weighted by atomic mass is 10.0. The summed E-state index contributed by atoms with van der Waals surface area (Å²) in [5.74, 6) is -1.31. The summed E-state index contributed by atoms with van der Waals surface area (Å²) in [5, 5.41) is 12.3. The van der Waals surface area contributed by atoms with E-state index in [1.165, 1.54) is 11.3 Å². The maximum atomic E-state index is 12.3. The average Bonchev–Trinajstić information content (AvgIpc) is 2.88. The smallest absolute Gasteiger partial charge is 0.338 e. The summed E-state index contributed by atoms with van der Waals surface area (Å²) in [6.07, 6.45) is -0.469. The number of hydrogen-bond donors (Lipinski definition) is 3. The van der Waals surface area contributed by atoms with Crippen LogP contribution >= 0.6 is 11.3 Å². The molecule has 4 N–H and O–H groups in total. The van der Waals surface area contributed by atoms with E-state index in [1.807, 2.05) is 30.3 Å². The second-order valence-electron chi connectivity index (χ2n) is 5.26. The number of thiophene rings is 1. The van der Waals surface area contributed by atoms with Gasteiger partial charge in [-0.05, 0) is 11.1 Å². The van der Waals surface area contributed by atoms with Crippen molar-refractivity contribution in [3.05, 3.63) is 51.9 Å².